The van der Waals surface area contributed by atoms with E-state index in [0.717, 1.165) is 44.7 Å². The third kappa shape index (κ3) is 5.47. The fourth-order valence-corrected chi connectivity index (χ4v) is 6.36. The third-order valence-corrected chi connectivity index (χ3v) is 8.62. The van der Waals surface area contributed by atoms with Gasteiger partial charge >= 0.3 is 20.4 Å². The second-order valence-corrected chi connectivity index (χ2v) is 12.8. The summed E-state index contributed by atoms with van der Waals surface area (Å²) in [4.78, 5) is 4.79. The average Bonchev–Trinajstić information content (AvgIpc) is 3.50. The van der Waals surface area contributed by atoms with Crippen molar-refractivity contribution >= 4 is 21.8 Å². The predicted octanol–water partition coefficient (Wildman–Crippen LogP) is 9.95. The molecule has 0 unspecified atom stereocenters. The first kappa shape index (κ1) is 31.5. The van der Waals surface area contributed by atoms with Crippen molar-refractivity contribution in [3.05, 3.63) is 131 Å². The molecule has 5 nitrogen and oxygen atoms in total. The Hall–Kier alpha value is -4.50. The molecule has 46 heavy (non-hydrogen) atoms. The van der Waals surface area contributed by atoms with Crippen LogP contribution in [0.3, 0.4) is 0 Å². The molecule has 3 heterocycles. The molecule has 0 radical (unpaired) electrons. The predicted molar refractivity (Wildman–Crippen MR) is 183 cm³/mol. The van der Waals surface area contributed by atoms with Crippen molar-refractivity contribution in [1.82, 2.24) is 19.3 Å². The maximum atomic E-state index is 6.43. The molecule has 7 rings (SSSR count). The van der Waals surface area contributed by atoms with E-state index in [2.05, 4.69) is 126 Å². The summed E-state index contributed by atoms with van der Waals surface area (Å²) >= 11 is 0. The molecule has 0 amide bonds. The molecule has 0 atom stereocenters. The Kier molecular flexibility index (Phi) is 8.23. The van der Waals surface area contributed by atoms with Crippen molar-refractivity contribution in [3.63, 3.8) is 0 Å². The van der Waals surface area contributed by atoms with E-state index < -0.39 is 0 Å². The molecule has 0 aliphatic heterocycles. The minimum atomic E-state index is 0. The number of aromatic nitrogens is 4. The van der Waals surface area contributed by atoms with Crippen LogP contribution in [0.5, 0.6) is 11.5 Å². The molecule has 7 aromatic rings. The summed E-state index contributed by atoms with van der Waals surface area (Å²) in [5.41, 5.74) is 11.0. The number of hydrogen-bond acceptors (Lipinski definition) is 3. The number of aryl methyl sites for hydroxylation is 3. The van der Waals surface area contributed by atoms with Crippen LogP contribution in [-0.2, 0) is 25.8 Å². The molecule has 3 aromatic heterocycles. The van der Waals surface area contributed by atoms with Crippen molar-refractivity contribution in [2.75, 3.05) is 0 Å². The van der Waals surface area contributed by atoms with E-state index in [1.807, 2.05) is 35.1 Å². The first-order chi connectivity index (χ1) is 21.6. The quantitative estimate of drug-likeness (QED) is 0.133. The average molecular weight is 695 g/mol. The van der Waals surface area contributed by atoms with Crippen LogP contribution in [0, 0.1) is 39.8 Å². The zero-order chi connectivity index (χ0) is 31.5. The van der Waals surface area contributed by atoms with Crippen LogP contribution >= 0.6 is 0 Å². The van der Waals surface area contributed by atoms with Crippen LogP contribution in [-0.4, -0.2) is 19.3 Å². The standard InChI is InChI=1S/C40H36N4O.Pd/c1-25-12-10-13-26(2)38(25)39-27(3)42-44(28(39)4)30-14-11-15-31(23-30)45-32-18-19-34-33-16-8-9-17-35(33)43(36(34)24-32)37-22-29(20-21-41-37)40(5,6)7;/h8-22H,1-7H3;/q-2;+2. The maximum absolute atomic E-state index is 6.43. The molecule has 0 spiro atoms. The van der Waals surface area contributed by atoms with E-state index in [-0.39, 0.29) is 25.8 Å². The van der Waals surface area contributed by atoms with E-state index in [1.165, 1.54) is 27.8 Å². The van der Waals surface area contributed by atoms with Gasteiger partial charge in [0.05, 0.1) is 5.69 Å². The van der Waals surface area contributed by atoms with Gasteiger partial charge in [-0.2, -0.15) is 17.2 Å². The van der Waals surface area contributed by atoms with Crippen molar-refractivity contribution in [3.8, 4) is 34.1 Å². The SMILES string of the molecule is Cc1cccc(C)c1-c1c(C)nn(-c2[c-]c(Oc3[c-]c4c(cc3)c3ccccc3n4-c3cc(C(C)(C)C)ccn3)ccc2)c1C.[Pd+2]. The second-order valence-electron chi connectivity index (χ2n) is 12.8. The largest absolute Gasteiger partial charge is 2.00 e. The fraction of sp³-hybridized carbons (Fsp3) is 0.200. The van der Waals surface area contributed by atoms with Crippen LogP contribution < -0.4 is 4.74 Å². The molecule has 0 bridgehead atoms. The van der Waals surface area contributed by atoms with Crippen molar-refractivity contribution < 1.29 is 25.2 Å². The summed E-state index contributed by atoms with van der Waals surface area (Å²) in [6, 6.07) is 36.1. The summed E-state index contributed by atoms with van der Waals surface area (Å²) < 4.78 is 10.6. The van der Waals surface area contributed by atoms with Crippen LogP contribution in [0.25, 0.3) is 44.4 Å². The number of para-hydroxylation sites is 1. The Morgan fingerprint density at radius 2 is 1.43 bits per heavy atom. The summed E-state index contributed by atoms with van der Waals surface area (Å²) in [5, 5.41) is 7.18. The number of hydrogen-bond donors (Lipinski definition) is 0. The molecule has 0 fully saturated rings. The van der Waals surface area contributed by atoms with Crippen molar-refractivity contribution in [2.24, 2.45) is 0 Å². The molecular formula is C40H36N4OPd. The van der Waals surface area contributed by atoms with Gasteiger partial charge in [-0.3, -0.25) is 4.68 Å². The van der Waals surface area contributed by atoms with E-state index in [4.69, 9.17) is 14.8 Å². The summed E-state index contributed by atoms with van der Waals surface area (Å²) in [6.45, 7) is 15.2. The van der Waals surface area contributed by atoms with Gasteiger partial charge in [-0.1, -0.05) is 62.7 Å². The molecule has 0 saturated heterocycles. The van der Waals surface area contributed by atoms with Gasteiger partial charge in [0.25, 0.3) is 0 Å². The number of benzene rings is 4. The molecular weight excluding hydrogens is 659 g/mol. The fourth-order valence-electron chi connectivity index (χ4n) is 6.36. The molecule has 232 valence electrons. The van der Waals surface area contributed by atoms with Gasteiger partial charge in [-0.15, -0.1) is 35.7 Å². The van der Waals surface area contributed by atoms with Crippen LogP contribution in [0.1, 0.15) is 48.8 Å². The van der Waals surface area contributed by atoms with Crippen molar-refractivity contribution in [2.45, 2.75) is 53.9 Å². The monoisotopic (exact) mass is 694 g/mol. The summed E-state index contributed by atoms with van der Waals surface area (Å²) in [6.07, 6.45) is 1.89. The first-order valence-corrected chi connectivity index (χ1v) is 15.4. The topological polar surface area (TPSA) is 44.9 Å². The minimum Gasteiger partial charge on any atom is -0.509 e. The van der Waals surface area contributed by atoms with Gasteiger partial charge in [0.2, 0.25) is 0 Å². The molecule has 6 heteroatoms. The van der Waals surface area contributed by atoms with Gasteiger partial charge < -0.3 is 9.30 Å². The van der Waals surface area contributed by atoms with Crippen LogP contribution in [0.15, 0.2) is 91.1 Å². The van der Waals surface area contributed by atoms with E-state index in [9.17, 15) is 0 Å². The normalized spacial score (nSPS) is 11.6. The maximum Gasteiger partial charge on any atom is 2.00 e. The molecule has 0 aliphatic carbocycles. The van der Waals surface area contributed by atoms with Gasteiger partial charge in [-0.25, -0.2) is 4.98 Å². The molecule has 0 saturated carbocycles. The Balaban J connectivity index is 0.00000372. The number of nitrogens with zero attached hydrogens (tertiary/aromatic N) is 4. The van der Waals surface area contributed by atoms with Crippen molar-refractivity contribution in [1.29, 1.82) is 0 Å². The Morgan fingerprint density at radius 1 is 0.717 bits per heavy atom. The van der Waals surface area contributed by atoms with E-state index >= 15 is 0 Å². The van der Waals surface area contributed by atoms with Gasteiger partial charge in [0.15, 0.2) is 0 Å². The molecule has 0 aliphatic rings. The second kappa shape index (κ2) is 12.0. The smallest absolute Gasteiger partial charge is 0.509 e. The number of rotatable bonds is 5. The van der Waals surface area contributed by atoms with E-state index in [0.29, 0.717) is 11.5 Å². The number of pyridine rings is 1. The summed E-state index contributed by atoms with van der Waals surface area (Å²) in [5.74, 6) is 2.07. The minimum absolute atomic E-state index is 0. The Labute approximate surface area is 284 Å². The Bertz CT molecular complexity index is 2210. The zero-order valence-electron chi connectivity index (χ0n) is 27.2. The zero-order valence-corrected chi connectivity index (χ0v) is 28.7. The summed E-state index contributed by atoms with van der Waals surface area (Å²) in [7, 11) is 0. The number of fused-ring (bicyclic) bond motifs is 3. The third-order valence-electron chi connectivity index (χ3n) is 8.62. The first-order valence-electron chi connectivity index (χ1n) is 15.4. The van der Waals surface area contributed by atoms with E-state index in [1.54, 1.807) is 0 Å². The molecule has 0 N–H and O–H groups in total. The number of ether oxygens (including phenoxy) is 1. The van der Waals surface area contributed by atoms with Gasteiger partial charge in [0.1, 0.15) is 5.82 Å². The van der Waals surface area contributed by atoms with Gasteiger partial charge in [-0.05, 0) is 84.6 Å². The molecule has 4 aromatic carbocycles. The van der Waals surface area contributed by atoms with Crippen LogP contribution in [0.4, 0.5) is 0 Å². The Morgan fingerprint density at radius 3 is 2.20 bits per heavy atom. The van der Waals surface area contributed by atoms with Gasteiger partial charge in [0, 0.05) is 34.5 Å². The van der Waals surface area contributed by atoms with Crippen LogP contribution in [0.2, 0.25) is 0 Å².